The van der Waals surface area contributed by atoms with Crippen LogP contribution in [0.2, 0.25) is 0 Å². The minimum Gasteiger partial charge on any atom is -0.367 e. The largest absolute Gasteiger partial charge is 0.367 e. The maximum Gasteiger partial charge on any atom is 0.148 e. The number of aryl methyl sites for hydroxylation is 1. The summed E-state index contributed by atoms with van der Waals surface area (Å²) in [5.41, 5.74) is 0. The first kappa shape index (κ1) is 10.5. The van der Waals surface area contributed by atoms with Crippen molar-refractivity contribution in [3.63, 3.8) is 0 Å². The van der Waals surface area contributed by atoms with Crippen LogP contribution in [-0.2, 0) is 7.05 Å². The van der Waals surface area contributed by atoms with Gasteiger partial charge in [-0.25, -0.2) is 0 Å². The summed E-state index contributed by atoms with van der Waals surface area (Å²) in [6.07, 6.45) is 5.97. The van der Waals surface area contributed by atoms with Crippen molar-refractivity contribution in [2.45, 2.75) is 25.3 Å². The van der Waals surface area contributed by atoms with Crippen LogP contribution in [0, 0.1) is 0 Å². The first-order valence-electron chi connectivity index (χ1n) is 5.69. The predicted octanol–water partition coefficient (Wildman–Crippen LogP) is 1.32. The highest BCUT2D eigenvalue weighted by molar-refractivity contribution is 5.32. The standard InChI is InChI=1S/C11H20N4/c1-14-7-4-3-5-10(14)9-12-11-6-8-15(2)13-11/h6,8,10H,3-5,7,9H2,1-2H3,(H,12,13). The summed E-state index contributed by atoms with van der Waals surface area (Å²) >= 11 is 0. The molecule has 4 heteroatoms. The number of likely N-dealkylation sites (N-methyl/N-ethyl adjacent to an activating group) is 1. The molecule has 0 aromatic carbocycles. The van der Waals surface area contributed by atoms with Crippen molar-refractivity contribution in [3.8, 4) is 0 Å². The van der Waals surface area contributed by atoms with Crippen molar-refractivity contribution in [1.82, 2.24) is 14.7 Å². The van der Waals surface area contributed by atoms with E-state index >= 15 is 0 Å². The number of rotatable bonds is 3. The third kappa shape index (κ3) is 2.72. The van der Waals surface area contributed by atoms with Gasteiger partial charge in [-0.2, -0.15) is 5.10 Å². The molecule has 0 amide bonds. The molecule has 1 N–H and O–H groups in total. The monoisotopic (exact) mass is 208 g/mol. The second-order valence-corrected chi connectivity index (χ2v) is 4.39. The average Bonchev–Trinajstić information content (AvgIpc) is 2.63. The van der Waals surface area contributed by atoms with Gasteiger partial charge < -0.3 is 10.2 Å². The summed E-state index contributed by atoms with van der Waals surface area (Å²) < 4.78 is 1.83. The predicted molar refractivity (Wildman–Crippen MR) is 62.0 cm³/mol. The molecule has 1 aromatic heterocycles. The number of aromatic nitrogens is 2. The Morgan fingerprint density at radius 2 is 2.33 bits per heavy atom. The molecular formula is C11H20N4. The molecule has 1 fully saturated rings. The van der Waals surface area contributed by atoms with E-state index in [4.69, 9.17) is 0 Å². The molecule has 0 saturated carbocycles. The zero-order chi connectivity index (χ0) is 10.7. The SMILES string of the molecule is CN1CCCCC1CNc1ccn(C)n1. The van der Waals surface area contributed by atoms with E-state index < -0.39 is 0 Å². The maximum absolute atomic E-state index is 4.31. The molecular weight excluding hydrogens is 188 g/mol. The van der Waals surface area contributed by atoms with E-state index in [0.29, 0.717) is 6.04 Å². The van der Waals surface area contributed by atoms with Gasteiger partial charge in [0.2, 0.25) is 0 Å². The molecule has 2 heterocycles. The molecule has 1 aliphatic rings. The second kappa shape index (κ2) is 4.66. The summed E-state index contributed by atoms with van der Waals surface area (Å²) in [6.45, 7) is 2.24. The maximum atomic E-state index is 4.31. The van der Waals surface area contributed by atoms with Crippen LogP contribution in [0.3, 0.4) is 0 Å². The van der Waals surface area contributed by atoms with Gasteiger partial charge in [0.15, 0.2) is 0 Å². The van der Waals surface area contributed by atoms with Crippen molar-refractivity contribution in [1.29, 1.82) is 0 Å². The Morgan fingerprint density at radius 3 is 3.00 bits per heavy atom. The van der Waals surface area contributed by atoms with Crippen LogP contribution in [0.5, 0.6) is 0 Å². The lowest BCUT2D eigenvalue weighted by Gasteiger charge is -2.32. The molecule has 2 rings (SSSR count). The fourth-order valence-electron chi connectivity index (χ4n) is 2.13. The first-order chi connectivity index (χ1) is 7.25. The van der Waals surface area contributed by atoms with Crippen molar-refractivity contribution >= 4 is 5.82 Å². The number of hydrogen-bond donors (Lipinski definition) is 1. The van der Waals surface area contributed by atoms with E-state index in [1.807, 2.05) is 24.0 Å². The summed E-state index contributed by atoms with van der Waals surface area (Å²) in [5.74, 6) is 0.983. The molecule has 0 spiro atoms. The van der Waals surface area contributed by atoms with Gasteiger partial charge in [0.1, 0.15) is 5.82 Å². The van der Waals surface area contributed by atoms with E-state index in [-0.39, 0.29) is 0 Å². The van der Waals surface area contributed by atoms with Crippen molar-refractivity contribution < 1.29 is 0 Å². The van der Waals surface area contributed by atoms with Crippen molar-refractivity contribution in [2.75, 3.05) is 25.5 Å². The van der Waals surface area contributed by atoms with Gasteiger partial charge in [-0.1, -0.05) is 6.42 Å². The molecule has 0 radical (unpaired) electrons. The summed E-state index contributed by atoms with van der Waals surface area (Å²) in [4.78, 5) is 2.44. The third-order valence-corrected chi connectivity index (χ3v) is 3.15. The smallest absolute Gasteiger partial charge is 0.148 e. The quantitative estimate of drug-likeness (QED) is 0.813. The zero-order valence-corrected chi connectivity index (χ0v) is 9.61. The Hall–Kier alpha value is -1.03. The number of nitrogens with zero attached hydrogens (tertiary/aromatic N) is 3. The Balaban J connectivity index is 1.81. The van der Waals surface area contributed by atoms with E-state index in [1.165, 1.54) is 25.8 Å². The highest BCUT2D eigenvalue weighted by Crippen LogP contribution is 2.15. The topological polar surface area (TPSA) is 33.1 Å². The van der Waals surface area contributed by atoms with E-state index in [1.54, 1.807) is 0 Å². The Morgan fingerprint density at radius 1 is 1.47 bits per heavy atom. The highest BCUT2D eigenvalue weighted by atomic mass is 15.3. The third-order valence-electron chi connectivity index (χ3n) is 3.15. The average molecular weight is 208 g/mol. The lowest BCUT2D eigenvalue weighted by molar-refractivity contribution is 0.194. The molecule has 1 unspecified atom stereocenters. The molecule has 1 aromatic rings. The van der Waals surface area contributed by atoms with Gasteiger partial charge >= 0.3 is 0 Å². The van der Waals surface area contributed by atoms with E-state index in [9.17, 15) is 0 Å². The molecule has 0 bridgehead atoms. The summed E-state index contributed by atoms with van der Waals surface area (Å²) in [7, 11) is 4.15. The molecule has 84 valence electrons. The normalized spacial score (nSPS) is 22.9. The van der Waals surface area contributed by atoms with Gasteiger partial charge in [0.25, 0.3) is 0 Å². The fraction of sp³-hybridized carbons (Fsp3) is 0.727. The van der Waals surface area contributed by atoms with Crippen LogP contribution < -0.4 is 5.32 Å². The number of likely N-dealkylation sites (tertiary alicyclic amines) is 1. The number of piperidine rings is 1. The second-order valence-electron chi connectivity index (χ2n) is 4.39. The Bertz CT molecular complexity index is 307. The lowest BCUT2D eigenvalue weighted by atomic mass is 10.0. The number of anilines is 1. The van der Waals surface area contributed by atoms with Crippen molar-refractivity contribution in [2.24, 2.45) is 7.05 Å². The van der Waals surface area contributed by atoms with Crippen LogP contribution in [-0.4, -0.2) is 40.9 Å². The minimum absolute atomic E-state index is 0.667. The van der Waals surface area contributed by atoms with E-state index in [2.05, 4.69) is 22.4 Å². The van der Waals surface area contributed by atoms with Crippen LogP contribution in [0.1, 0.15) is 19.3 Å². The Labute approximate surface area is 91.3 Å². The first-order valence-corrected chi connectivity index (χ1v) is 5.69. The fourth-order valence-corrected chi connectivity index (χ4v) is 2.13. The zero-order valence-electron chi connectivity index (χ0n) is 9.61. The molecule has 1 aliphatic heterocycles. The summed E-state index contributed by atoms with van der Waals surface area (Å²) in [6, 6.07) is 2.68. The van der Waals surface area contributed by atoms with Crippen LogP contribution >= 0.6 is 0 Å². The highest BCUT2D eigenvalue weighted by Gasteiger charge is 2.18. The van der Waals surface area contributed by atoms with Crippen LogP contribution in [0.4, 0.5) is 5.82 Å². The lowest BCUT2D eigenvalue weighted by Crippen LogP contribution is -2.40. The molecule has 1 saturated heterocycles. The number of hydrogen-bond acceptors (Lipinski definition) is 3. The number of nitrogens with one attached hydrogen (secondary N) is 1. The molecule has 15 heavy (non-hydrogen) atoms. The summed E-state index contributed by atoms with van der Waals surface area (Å²) in [5, 5.41) is 7.70. The van der Waals surface area contributed by atoms with Crippen molar-refractivity contribution in [3.05, 3.63) is 12.3 Å². The van der Waals surface area contributed by atoms with Gasteiger partial charge in [-0.3, -0.25) is 4.68 Å². The molecule has 1 atom stereocenters. The van der Waals surface area contributed by atoms with Gasteiger partial charge in [-0.05, 0) is 26.4 Å². The van der Waals surface area contributed by atoms with Crippen LogP contribution in [0.15, 0.2) is 12.3 Å². The van der Waals surface area contributed by atoms with Gasteiger partial charge in [-0.15, -0.1) is 0 Å². The van der Waals surface area contributed by atoms with Crippen LogP contribution in [0.25, 0.3) is 0 Å². The van der Waals surface area contributed by atoms with E-state index in [0.717, 1.165) is 12.4 Å². The van der Waals surface area contributed by atoms with Gasteiger partial charge in [0.05, 0.1) is 0 Å². The Kier molecular flexibility index (Phi) is 3.26. The molecule has 4 nitrogen and oxygen atoms in total. The van der Waals surface area contributed by atoms with Gasteiger partial charge in [0, 0.05) is 31.9 Å². The minimum atomic E-state index is 0.667. The molecule has 0 aliphatic carbocycles.